The highest BCUT2D eigenvalue weighted by Crippen LogP contribution is 2.42. The Morgan fingerprint density at radius 2 is 1.83 bits per heavy atom. The lowest BCUT2D eigenvalue weighted by atomic mass is 9.71. The summed E-state index contributed by atoms with van der Waals surface area (Å²) in [6, 6.07) is 6.87. The summed E-state index contributed by atoms with van der Waals surface area (Å²) >= 11 is 0. The number of fused-ring (bicyclic) bond motifs is 4. The van der Waals surface area contributed by atoms with Crippen LogP contribution in [0.4, 0.5) is 20.3 Å². The van der Waals surface area contributed by atoms with Crippen LogP contribution in [-0.4, -0.2) is 125 Å². The molecule has 348 valence electrons. The maximum atomic E-state index is 14.3. The van der Waals surface area contributed by atoms with Gasteiger partial charge in [-0.25, -0.2) is 23.1 Å². The summed E-state index contributed by atoms with van der Waals surface area (Å²) < 4.78 is 40.5. The van der Waals surface area contributed by atoms with Gasteiger partial charge in [-0.1, -0.05) is 12.1 Å². The minimum Gasteiger partial charge on any atom is -0.374 e. The van der Waals surface area contributed by atoms with Crippen molar-refractivity contribution in [3.05, 3.63) is 70.2 Å². The molecule has 5 aliphatic heterocycles. The van der Waals surface area contributed by atoms with Gasteiger partial charge in [0.2, 0.25) is 17.7 Å². The number of halogens is 2. The van der Waals surface area contributed by atoms with Crippen LogP contribution in [0.3, 0.4) is 0 Å². The van der Waals surface area contributed by atoms with E-state index in [1.165, 1.54) is 19.8 Å². The fourth-order valence-corrected chi connectivity index (χ4v) is 11.7. The highest BCUT2D eigenvalue weighted by molar-refractivity contribution is 6.08. The number of benzene rings is 1. The lowest BCUT2D eigenvalue weighted by Crippen LogP contribution is -2.62. The molecule has 6 fully saturated rings. The number of nitrogens with one attached hydrogen (secondary N) is 2. The third kappa shape index (κ3) is 7.64. The largest absolute Gasteiger partial charge is 0.374 e. The van der Waals surface area contributed by atoms with Crippen LogP contribution in [-0.2, 0) is 32.6 Å². The predicted molar refractivity (Wildman–Crippen MR) is 236 cm³/mol. The van der Waals surface area contributed by atoms with Crippen molar-refractivity contribution in [3.63, 3.8) is 0 Å². The van der Waals surface area contributed by atoms with Crippen molar-refractivity contribution in [3.8, 4) is 0 Å². The summed E-state index contributed by atoms with van der Waals surface area (Å²) in [6.45, 7) is 5.80. The van der Waals surface area contributed by atoms with E-state index >= 15 is 0 Å². The zero-order valence-electron chi connectivity index (χ0n) is 36.9. The summed E-state index contributed by atoms with van der Waals surface area (Å²) in [5.41, 5.74) is 2.08. The lowest BCUT2D eigenvalue weighted by Gasteiger charge is -2.54. The average molecular weight is 909 g/mol. The zero-order chi connectivity index (χ0) is 45.4. The molecule has 11 rings (SSSR count). The lowest BCUT2D eigenvalue weighted by molar-refractivity contribution is -0.147. The quantitative estimate of drug-likeness (QED) is 0.183. The second-order valence-corrected chi connectivity index (χ2v) is 19.5. The van der Waals surface area contributed by atoms with Gasteiger partial charge in [0.1, 0.15) is 17.4 Å². The summed E-state index contributed by atoms with van der Waals surface area (Å²) in [4.78, 5) is 76.2. The number of imide groups is 1. The van der Waals surface area contributed by atoms with E-state index in [-0.39, 0.29) is 65.2 Å². The first-order chi connectivity index (χ1) is 31.9. The van der Waals surface area contributed by atoms with Gasteiger partial charge >= 0.3 is 5.69 Å². The number of hydrogen-bond acceptors (Lipinski definition) is 11. The molecule has 2 N–H and O–H groups in total. The number of para-hydroxylation sites is 1. The van der Waals surface area contributed by atoms with E-state index in [4.69, 9.17) is 9.72 Å². The predicted octanol–water partition coefficient (Wildman–Crippen LogP) is 4.01. The summed E-state index contributed by atoms with van der Waals surface area (Å²) in [5, 5.41) is 13.6. The van der Waals surface area contributed by atoms with E-state index in [2.05, 4.69) is 30.6 Å². The molecule has 5 aromatic rings. The minimum absolute atomic E-state index is 0.00916. The molecule has 0 radical (unpaired) electrons. The molecule has 1 spiro atoms. The van der Waals surface area contributed by atoms with E-state index in [1.807, 2.05) is 29.2 Å². The average Bonchev–Trinajstić information content (AvgIpc) is 4.15. The summed E-state index contributed by atoms with van der Waals surface area (Å²) in [6.07, 6.45) is 9.73. The first-order valence-corrected chi connectivity index (χ1v) is 23.3. The molecular weight excluding hydrogens is 855 g/mol. The van der Waals surface area contributed by atoms with E-state index in [9.17, 15) is 32.8 Å². The molecule has 1 aromatic carbocycles. The number of carbonyl (C=O) groups is 4. The van der Waals surface area contributed by atoms with Gasteiger partial charge in [-0.05, 0) is 94.5 Å². The number of piperidine rings is 2. The first kappa shape index (κ1) is 42.6. The van der Waals surface area contributed by atoms with Crippen molar-refractivity contribution >= 4 is 51.8 Å². The van der Waals surface area contributed by atoms with Crippen LogP contribution in [0, 0.1) is 11.3 Å². The van der Waals surface area contributed by atoms with Crippen LogP contribution in [0.1, 0.15) is 104 Å². The highest BCUT2D eigenvalue weighted by Gasteiger charge is 2.47. The van der Waals surface area contributed by atoms with Gasteiger partial charge in [0.05, 0.1) is 47.7 Å². The highest BCUT2D eigenvalue weighted by atomic mass is 19.3. The molecular formula is C46H54F2N12O6. The van der Waals surface area contributed by atoms with Crippen LogP contribution < -0.4 is 21.2 Å². The van der Waals surface area contributed by atoms with Crippen molar-refractivity contribution in [2.75, 3.05) is 56.1 Å². The van der Waals surface area contributed by atoms with Gasteiger partial charge in [0.15, 0.2) is 11.3 Å². The van der Waals surface area contributed by atoms with Crippen LogP contribution in [0.15, 0.2) is 47.7 Å². The van der Waals surface area contributed by atoms with Crippen LogP contribution in [0.2, 0.25) is 0 Å². The smallest absolute Gasteiger partial charge is 0.329 e. The Morgan fingerprint density at radius 3 is 2.56 bits per heavy atom. The number of likely N-dealkylation sites (tertiary alicyclic amines) is 2. The molecule has 4 aromatic heterocycles. The van der Waals surface area contributed by atoms with E-state index in [0.29, 0.717) is 42.0 Å². The summed E-state index contributed by atoms with van der Waals surface area (Å²) in [7, 11) is 1.68. The Bertz CT molecular complexity index is 2790. The number of hydrogen-bond donors (Lipinski definition) is 2. The Balaban J connectivity index is 0.648. The number of alkyl halides is 2. The molecule has 4 amide bonds. The van der Waals surface area contributed by atoms with Gasteiger partial charge in [-0.15, -0.1) is 0 Å². The Kier molecular flexibility index (Phi) is 10.8. The third-order valence-corrected chi connectivity index (χ3v) is 15.4. The molecule has 20 heteroatoms. The molecule has 3 atom stereocenters. The number of carbonyl (C=O) groups excluding carboxylic acids is 4. The topological polar surface area (TPSA) is 186 Å². The molecule has 1 unspecified atom stereocenters. The zero-order valence-corrected chi connectivity index (χ0v) is 36.9. The minimum atomic E-state index is -2.87. The number of nitrogens with zero attached hydrogens (tertiary/aromatic N) is 10. The molecule has 1 aliphatic carbocycles. The maximum Gasteiger partial charge on any atom is 0.329 e. The van der Waals surface area contributed by atoms with E-state index < -0.39 is 30.0 Å². The fraction of sp³-hybridized carbons (Fsp3) is 0.565. The molecule has 9 heterocycles. The Labute approximate surface area is 378 Å². The van der Waals surface area contributed by atoms with Crippen molar-refractivity contribution in [2.45, 2.75) is 101 Å². The van der Waals surface area contributed by atoms with Crippen molar-refractivity contribution < 1.29 is 32.7 Å². The Hall–Kier alpha value is -6.02. The summed E-state index contributed by atoms with van der Waals surface area (Å²) in [5.74, 6) is -0.0757. The van der Waals surface area contributed by atoms with Crippen LogP contribution in [0.5, 0.6) is 0 Å². The number of anilines is 2. The maximum absolute atomic E-state index is 14.3. The number of rotatable bonds is 11. The van der Waals surface area contributed by atoms with Gasteiger partial charge < -0.3 is 24.8 Å². The van der Waals surface area contributed by atoms with Gasteiger partial charge in [-0.2, -0.15) is 10.2 Å². The molecule has 1 saturated carbocycles. The van der Waals surface area contributed by atoms with E-state index in [1.54, 1.807) is 24.1 Å². The van der Waals surface area contributed by atoms with E-state index in [0.717, 1.165) is 95.6 Å². The monoisotopic (exact) mass is 908 g/mol. The second kappa shape index (κ2) is 16.7. The number of imidazole rings is 1. The molecule has 6 aliphatic rings. The normalized spacial score (nSPS) is 25.4. The molecule has 2 bridgehead atoms. The number of amides is 4. The molecule has 18 nitrogen and oxygen atoms in total. The van der Waals surface area contributed by atoms with Crippen molar-refractivity contribution in [1.82, 2.24) is 48.6 Å². The Morgan fingerprint density at radius 1 is 1.03 bits per heavy atom. The fourth-order valence-electron chi connectivity index (χ4n) is 11.7. The molecule has 66 heavy (non-hydrogen) atoms. The number of aryl methyl sites for hydroxylation is 2. The standard InChI is InChI=1S/C46H54F2N12O6/c1-54-40-28(3-2-4-34(40)60(45(54)65)35-10-11-37(61)52-44(35)64)7-12-38(62)56-25-46(26-56)14-17-55(18-15-46)21-27-5-8-29(9-6-27)59-23-33(39(53-59)41(47)48)50-43(63)32-20-49-58-16-13-36(51-42(32)58)57-22-31-19-30(57)24-66-31/h2-4,13,16,20,23,27,29-31,35,41H,5-12,14-15,17-19,21-22,24-26H2,1H3,(H,50,63)(H,52,61,64)/t27?,29?,30-,31-,35?/m1/s1. The second-order valence-electron chi connectivity index (χ2n) is 19.5. The van der Waals surface area contributed by atoms with Gasteiger partial charge in [0.25, 0.3) is 12.3 Å². The van der Waals surface area contributed by atoms with Gasteiger partial charge in [-0.3, -0.25) is 38.3 Å². The van der Waals surface area contributed by atoms with Crippen molar-refractivity contribution in [1.29, 1.82) is 0 Å². The number of morpholine rings is 1. The third-order valence-electron chi connectivity index (χ3n) is 15.4. The number of aromatic nitrogens is 7. The van der Waals surface area contributed by atoms with Crippen LogP contribution >= 0.6 is 0 Å². The van der Waals surface area contributed by atoms with Crippen LogP contribution in [0.25, 0.3) is 16.7 Å². The van der Waals surface area contributed by atoms with Gasteiger partial charge in [0, 0.05) is 63.9 Å². The first-order valence-electron chi connectivity index (χ1n) is 23.3. The molecule has 5 saturated heterocycles. The SMILES string of the molecule is Cn1c(=O)n(C2CCC(=O)NC2=O)c2cccc(CCC(=O)N3CC4(CCN(CC5CCC(n6cc(NC(=O)c7cnn8ccc(N9C[C@H]%10C[C@@H]9CO%10)nc78)c(C(F)F)n6)CC5)CC4)C3)c21. The number of ether oxygens (including phenoxy) is 1. The van der Waals surface area contributed by atoms with Crippen molar-refractivity contribution in [2.24, 2.45) is 18.4 Å².